The minimum absolute atomic E-state index is 0.120. The highest BCUT2D eigenvalue weighted by Gasteiger charge is 2.59. The summed E-state index contributed by atoms with van der Waals surface area (Å²) in [6.45, 7) is 3.46. The summed E-state index contributed by atoms with van der Waals surface area (Å²) < 4.78 is 0. The van der Waals surface area contributed by atoms with Crippen molar-refractivity contribution in [2.45, 2.75) is 12.0 Å². The van der Waals surface area contributed by atoms with E-state index in [1.54, 1.807) is 6.08 Å². The van der Waals surface area contributed by atoms with Gasteiger partial charge in [-0.2, -0.15) is 0 Å². The van der Waals surface area contributed by atoms with Crippen LogP contribution in [0.25, 0.3) is 0 Å². The molecule has 1 fully saturated rings. The summed E-state index contributed by atoms with van der Waals surface area (Å²) in [6.07, 6.45) is 2.41. The topological polar surface area (TPSA) is 66.4 Å². The predicted molar refractivity (Wildman–Crippen MR) is 37.9 cm³/mol. The monoisotopic (exact) mass is 155 g/mol. The lowest BCUT2D eigenvalue weighted by atomic mass is 10.2. The van der Waals surface area contributed by atoms with Crippen LogP contribution in [0, 0.1) is 5.92 Å². The van der Waals surface area contributed by atoms with E-state index in [4.69, 9.17) is 5.11 Å². The summed E-state index contributed by atoms with van der Waals surface area (Å²) in [5.41, 5.74) is -1.05. The van der Waals surface area contributed by atoms with Gasteiger partial charge in [0, 0.05) is 5.92 Å². The molecule has 0 spiro atoms. The zero-order valence-corrected chi connectivity index (χ0v) is 5.91. The van der Waals surface area contributed by atoms with Gasteiger partial charge in [-0.3, -0.25) is 4.79 Å². The van der Waals surface area contributed by atoms with E-state index in [1.807, 2.05) is 0 Å². The lowest BCUT2D eigenvalue weighted by Crippen LogP contribution is -2.40. The maximum absolute atomic E-state index is 10.6. The molecule has 0 aliphatic heterocycles. The maximum Gasteiger partial charge on any atom is 0.330 e. The number of amides is 1. The molecule has 0 unspecified atom stereocenters. The highest BCUT2D eigenvalue weighted by molar-refractivity contribution is 5.86. The van der Waals surface area contributed by atoms with Crippen molar-refractivity contribution >= 4 is 12.4 Å². The first kappa shape index (κ1) is 7.78. The number of carbonyl (C=O) groups excluding carboxylic acids is 1. The number of carbonyl (C=O) groups is 2. The van der Waals surface area contributed by atoms with E-state index in [0.29, 0.717) is 12.8 Å². The van der Waals surface area contributed by atoms with Gasteiger partial charge in [0.25, 0.3) is 0 Å². The summed E-state index contributed by atoms with van der Waals surface area (Å²) >= 11 is 0. The summed E-state index contributed by atoms with van der Waals surface area (Å²) in [4.78, 5) is 20.6. The minimum atomic E-state index is -1.05. The molecule has 0 saturated heterocycles. The van der Waals surface area contributed by atoms with E-state index in [-0.39, 0.29) is 5.92 Å². The van der Waals surface area contributed by atoms with Crippen molar-refractivity contribution in [3.05, 3.63) is 12.7 Å². The van der Waals surface area contributed by atoms with E-state index < -0.39 is 11.5 Å². The molecule has 2 N–H and O–H groups in total. The first-order chi connectivity index (χ1) is 5.17. The van der Waals surface area contributed by atoms with Gasteiger partial charge in [0.15, 0.2) is 0 Å². The largest absolute Gasteiger partial charge is 0.479 e. The van der Waals surface area contributed by atoms with Gasteiger partial charge in [-0.15, -0.1) is 6.58 Å². The quantitative estimate of drug-likeness (QED) is 0.435. The molecule has 1 saturated carbocycles. The number of aliphatic carboxylic acids is 1. The van der Waals surface area contributed by atoms with Crippen LogP contribution in [0.15, 0.2) is 12.7 Å². The Bertz CT molecular complexity index is 214. The summed E-state index contributed by atoms with van der Waals surface area (Å²) in [6, 6.07) is 0. The normalized spacial score (nSPS) is 34.0. The highest BCUT2D eigenvalue weighted by Crippen LogP contribution is 2.43. The van der Waals surface area contributed by atoms with Crippen LogP contribution in [0.5, 0.6) is 0 Å². The average Bonchev–Trinajstić information content (AvgIpc) is 2.65. The van der Waals surface area contributed by atoms with Crippen LogP contribution in [0.4, 0.5) is 0 Å². The van der Waals surface area contributed by atoms with Crippen LogP contribution in [-0.2, 0) is 9.59 Å². The highest BCUT2D eigenvalue weighted by atomic mass is 16.4. The Morgan fingerprint density at radius 2 is 2.45 bits per heavy atom. The Labute approximate surface area is 63.9 Å². The number of hydrogen-bond acceptors (Lipinski definition) is 2. The molecule has 2 atom stereocenters. The third kappa shape index (κ3) is 1.00. The second-order valence-electron chi connectivity index (χ2n) is 2.59. The molecular formula is C7H9NO3. The molecule has 0 aromatic rings. The van der Waals surface area contributed by atoms with Gasteiger partial charge in [0.1, 0.15) is 5.54 Å². The molecule has 0 heterocycles. The van der Waals surface area contributed by atoms with Crippen LogP contribution in [0.3, 0.4) is 0 Å². The third-order valence-corrected chi connectivity index (χ3v) is 2.00. The van der Waals surface area contributed by atoms with Crippen molar-refractivity contribution in [3.8, 4) is 0 Å². The lowest BCUT2D eigenvalue weighted by Gasteiger charge is -2.07. The number of nitrogens with one attached hydrogen (secondary N) is 1. The van der Waals surface area contributed by atoms with Crippen LogP contribution in [-0.4, -0.2) is 23.0 Å². The number of carboxylic acids is 1. The van der Waals surface area contributed by atoms with E-state index in [0.717, 1.165) is 0 Å². The van der Waals surface area contributed by atoms with Gasteiger partial charge in [-0.1, -0.05) is 6.08 Å². The van der Waals surface area contributed by atoms with Crippen LogP contribution in [0.1, 0.15) is 6.42 Å². The van der Waals surface area contributed by atoms with Crippen molar-refractivity contribution in [3.63, 3.8) is 0 Å². The Kier molecular flexibility index (Phi) is 1.68. The van der Waals surface area contributed by atoms with Crippen LogP contribution < -0.4 is 5.32 Å². The Hall–Kier alpha value is -1.32. The van der Waals surface area contributed by atoms with Crippen molar-refractivity contribution in [2.24, 2.45) is 5.92 Å². The third-order valence-electron chi connectivity index (χ3n) is 2.00. The first-order valence-corrected chi connectivity index (χ1v) is 3.24. The molecule has 1 aliphatic rings. The Morgan fingerprint density at radius 1 is 1.82 bits per heavy atom. The van der Waals surface area contributed by atoms with Crippen LogP contribution in [0.2, 0.25) is 0 Å². The Morgan fingerprint density at radius 3 is 2.73 bits per heavy atom. The zero-order valence-electron chi connectivity index (χ0n) is 5.91. The molecule has 4 heteroatoms. The molecule has 4 nitrogen and oxygen atoms in total. The SMILES string of the molecule is C=C[C@H]1C[C@]1(NC=O)C(=O)O. The minimum Gasteiger partial charge on any atom is -0.479 e. The molecule has 0 bridgehead atoms. The van der Waals surface area contributed by atoms with Crippen molar-refractivity contribution in [2.75, 3.05) is 0 Å². The first-order valence-electron chi connectivity index (χ1n) is 3.24. The van der Waals surface area contributed by atoms with Gasteiger partial charge >= 0.3 is 5.97 Å². The fourth-order valence-corrected chi connectivity index (χ4v) is 1.15. The van der Waals surface area contributed by atoms with Crippen molar-refractivity contribution in [1.29, 1.82) is 0 Å². The Balaban J connectivity index is 2.69. The van der Waals surface area contributed by atoms with E-state index in [1.165, 1.54) is 0 Å². The molecule has 0 aromatic heterocycles. The van der Waals surface area contributed by atoms with Gasteiger partial charge in [0.2, 0.25) is 6.41 Å². The zero-order chi connectivity index (χ0) is 8.48. The molecule has 0 radical (unpaired) electrons. The van der Waals surface area contributed by atoms with Crippen molar-refractivity contribution < 1.29 is 14.7 Å². The molecule has 11 heavy (non-hydrogen) atoms. The van der Waals surface area contributed by atoms with E-state index in [9.17, 15) is 9.59 Å². The maximum atomic E-state index is 10.6. The molecule has 0 aromatic carbocycles. The lowest BCUT2D eigenvalue weighted by molar-refractivity contribution is -0.142. The summed E-state index contributed by atoms with van der Waals surface area (Å²) in [5, 5.41) is 10.9. The molecule has 60 valence electrons. The number of rotatable bonds is 4. The smallest absolute Gasteiger partial charge is 0.330 e. The fourth-order valence-electron chi connectivity index (χ4n) is 1.15. The number of hydrogen-bond donors (Lipinski definition) is 2. The molecular weight excluding hydrogens is 146 g/mol. The summed E-state index contributed by atoms with van der Waals surface area (Å²) in [5.74, 6) is -1.11. The van der Waals surface area contributed by atoms with Crippen molar-refractivity contribution in [1.82, 2.24) is 5.32 Å². The van der Waals surface area contributed by atoms with E-state index >= 15 is 0 Å². The van der Waals surface area contributed by atoms with Gasteiger partial charge in [-0.25, -0.2) is 4.79 Å². The second kappa shape index (κ2) is 2.38. The molecule has 1 amide bonds. The van der Waals surface area contributed by atoms with E-state index in [2.05, 4.69) is 11.9 Å². The summed E-state index contributed by atoms with van der Waals surface area (Å²) in [7, 11) is 0. The van der Waals surface area contributed by atoms with Crippen LogP contribution >= 0.6 is 0 Å². The average molecular weight is 155 g/mol. The van der Waals surface area contributed by atoms with Gasteiger partial charge < -0.3 is 10.4 Å². The standard InChI is InChI=1S/C7H9NO3/c1-2-5-3-7(5,6(10)11)8-4-9/h2,4-5H,1,3H2,(H,8,9)(H,10,11)/t5-,7+/m0/s1. The van der Waals surface area contributed by atoms with Gasteiger partial charge in [0.05, 0.1) is 0 Å². The van der Waals surface area contributed by atoms with Gasteiger partial charge in [-0.05, 0) is 6.42 Å². The fraction of sp³-hybridized carbons (Fsp3) is 0.429. The second-order valence-corrected chi connectivity index (χ2v) is 2.59. The predicted octanol–water partition coefficient (Wildman–Crippen LogP) is -0.238. The number of carboxylic acid groups (broad SMARTS) is 1. The molecule has 1 aliphatic carbocycles. The molecule has 1 rings (SSSR count).